The number of carboxylic acid groups (broad SMARTS) is 1. The predicted molar refractivity (Wildman–Crippen MR) is 92.5 cm³/mol. The number of rotatable bonds is 2. The second-order valence-electron chi connectivity index (χ2n) is 10.0. The molecule has 4 aliphatic rings. The number of fused-ring (bicyclic) bond motifs is 3. The zero-order chi connectivity index (χ0) is 17.4. The summed E-state index contributed by atoms with van der Waals surface area (Å²) in [5.41, 5.74) is -0.314. The Hall–Kier alpha value is -0.860. The molecule has 0 heterocycles. The number of ketones is 1. The van der Waals surface area contributed by atoms with E-state index in [1.807, 2.05) is 6.92 Å². The standard InChI is InChI=1S/C21H32O3/c1-4-21-9-5-8-19(3,17(23)24)14(21)7-11-20-12-16(22)18(2,13-20)10-6-15(20)21/h14-15H,4-13H2,1-3H3,(H,23,24). The molecule has 2 bridgehead atoms. The molecule has 4 aliphatic carbocycles. The van der Waals surface area contributed by atoms with Crippen LogP contribution in [0.3, 0.4) is 0 Å². The van der Waals surface area contributed by atoms with Crippen molar-refractivity contribution in [2.45, 2.75) is 85.0 Å². The second-order valence-corrected chi connectivity index (χ2v) is 10.0. The van der Waals surface area contributed by atoms with Gasteiger partial charge >= 0.3 is 5.97 Å². The molecule has 1 spiro atoms. The van der Waals surface area contributed by atoms with Gasteiger partial charge in [0.15, 0.2) is 0 Å². The molecule has 3 nitrogen and oxygen atoms in total. The molecule has 4 rings (SSSR count). The van der Waals surface area contributed by atoms with E-state index >= 15 is 0 Å². The van der Waals surface area contributed by atoms with Crippen molar-refractivity contribution in [2.75, 3.05) is 0 Å². The van der Waals surface area contributed by atoms with Crippen molar-refractivity contribution in [1.29, 1.82) is 0 Å². The van der Waals surface area contributed by atoms with Gasteiger partial charge in [0.25, 0.3) is 0 Å². The lowest BCUT2D eigenvalue weighted by Gasteiger charge is -2.64. The van der Waals surface area contributed by atoms with Crippen LogP contribution in [0.1, 0.15) is 85.0 Å². The van der Waals surface area contributed by atoms with E-state index in [0.29, 0.717) is 11.7 Å². The van der Waals surface area contributed by atoms with Gasteiger partial charge in [-0.15, -0.1) is 0 Å². The Bertz CT molecular complexity index is 598. The van der Waals surface area contributed by atoms with Crippen LogP contribution in [0.4, 0.5) is 0 Å². The largest absolute Gasteiger partial charge is 0.481 e. The van der Waals surface area contributed by atoms with E-state index in [4.69, 9.17) is 0 Å². The molecule has 1 N–H and O–H groups in total. The van der Waals surface area contributed by atoms with Gasteiger partial charge in [-0.2, -0.15) is 0 Å². The fraction of sp³-hybridized carbons (Fsp3) is 0.905. The highest BCUT2D eigenvalue weighted by molar-refractivity contribution is 5.88. The molecule has 0 aliphatic heterocycles. The number of aliphatic carboxylic acids is 1. The molecule has 4 saturated carbocycles. The predicted octanol–water partition coefficient (Wildman–Crippen LogP) is 4.83. The van der Waals surface area contributed by atoms with E-state index < -0.39 is 11.4 Å². The molecule has 0 amide bonds. The third-order valence-corrected chi connectivity index (χ3v) is 9.23. The number of carboxylic acids is 1. The van der Waals surface area contributed by atoms with Gasteiger partial charge in [0.1, 0.15) is 5.78 Å². The monoisotopic (exact) mass is 332 g/mol. The Kier molecular flexibility index (Phi) is 3.36. The Morgan fingerprint density at radius 3 is 2.50 bits per heavy atom. The maximum absolute atomic E-state index is 12.7. The van der Waals surface area contributed by atoms with Crippen LogP contribution in [0.5, 0.6) is 0 Å². The molecular formula is C21H32O3. The molecule has 24 heavy (non-hydrogen) atoms. The molecule has 0 aromatic carbocycles. The van der Waals surface area contributed by atoms with Crippen molar-refractivity contribution in [3.8, 4) is 0 Å². The summed E-state index contributed by atoms with van der Waals surface area (Å²) in [6.45, 7) is 6.48. The number of Topliss-reactive ketones (excluding diaryl/α,β-unsaturated/α-hetero) is 1. The lowest BCUT2D eigenvalue weighted by atomic mass is 9.39. The first-order valence-electron chi connectivity index (χ1n) is 9.99. The third kappa shape index (κ3) is 1.79. The second kappa shape index (κ2) is 4.86. The summed E-state index contributed by atoms with van der Waals surface area (Å²) in [4.78, 5) is 24.9. The van der Waals surface area contributed by atoms with E-state index in [-0.39, 0.29) is 22.2 Å². The summed E-state index contributed by atoms with van der Waals surface area (Å²) in [7, 11) is 0. The van der Waals surface area contributed by atoms with E-state index in [2.05, 4.69) is 13.8 Å². The Labute approximate surface area is 145 Å². The van der Waals surface area contributed by atoms with Crippen LogP contribution < -0.4 is 0 Å². The SMILES string of the molecule is CCC12CCCC(C)(C(=O)O)C1CCC13CC(=O)C(C)(CCC12)C3. The van der Waals surface area contributed by atoms with Crippen molar-refractivity contribution in [2.24, 2.45) is 33.5 Å². The highest BCUT2D eigenvalue weighted by Crippen LogP contribution is 2.73. The molecular weight excluding hydrogens is 300 g/mol. The zero-order valence-corrected chi connectivity index (χ0v) is 15.5. The lowest BCUT2D eigenvalue weighted by Crippen LogP contribution is -2.59. The summed E-state index contributed by atoms with van der Waals surface area (Å²) in [6, 6.07) is 0. The first-order valence-corrected chi connectivity index (χ1v) is 9.99. The number of hydrogen-bond acceptors (Lipinski definition) is 2. The average molecular weight is 332 g/mol. The fourth-order valence-electron chi connectivity index (χ4n) is 8.11. The smallest absolute Gasteiger partial charge is 0.309 e. The normalized spacial score (nSPS) is 53.4. The Morgan fingerprint density at radius 2 is 1.83 bits per heavy atom. The Morgan fingerprint density at radius 1 is 1.12 bits per heavy atom. The molecule has 3 heteroatoms. The average Bonchev–Trinajstić information content (AvgIpc) is 2.71. The summed E-state index contributed by atoms with van der Waals surface area (Å²) in [6.07, 6.45) is 10.2. The van der Waals surface area contributed by atoms with Gasteiger partial charge in [0, 0.05) is 11.8 Å². The van der Waals surface area contributed by atoms with Gasteiger partial charge in [-0.05, 0) is 81.0 Å². The molecule has 134 valence electrons. The first-order chi connectivity index (χ1) is 11.2. The van der Waals surface area contributed by atoms with E-state index in [0.717, 1.165) is 57.8 Å². The number of hydrogen-bond donors (Lipinski definition) is 1. The van der Waals surface area contributed by atoms with Crippen molar-refractivity contribution < 1.29 is 14.7 Å². The maximum Gasteiger partial charge on any atom is 0.309 e. The quantitative estimate of drug-likeness (QED) is 0.787. The van der Waals surface area contributed by atoms with Crippen molar-refractivity contribution in [3.05, 3.63) is 0 Å². The minimum Gasteiger partial charge on any atom is -0.481 e. The van der Waals surface area contributed by atoms with E-state index in [9.17, 15) is 14.7 Å². The molecule has 0 saturated heterocycles. The number of carbonyl (C=O) groups excluding carboxylic acids is 1. The van der Waals surface area contributed by atoms with Crippen LogP contribution in [0.2, 0.25) is 0 Å². The molecule has 0 aromatic rings. The molecule has 4 fully saturated rings. The molecule has 0 aromatic heterocycles. The molecule has 6 unspecified atom stereocenters. The van der Waals surface area contributed by atoms with Gasteiger partial charge < -0.3 is 5.11 Å². The van der Waals surface area contributed by atoms with Gasteiger partial charge in [0.2, 0.25) is 0 Å². The fourth-order valence-corrected chi connectivity index (χ4v) is 8.11. The maximum atomic E-state index is 12.7. The Balaban J connectivity index is 1.79. The number of carbonyl (C=O) groups is 2. The van der Waals surface area contributed by atoms with Gasteiger partial charge in [-0.3, -0.25) is 9.59 Å². The summed E-state index contributed by atoms with van der Waals surface area (Å²) in [5.74, 6) is 0.750. The van der Waals surface area contributed by atoms with Gasteiger partial charge in [0.05, 0.1) is 5.41 Å². The van der Waals surface area contributed by atoms with Gasteiger partial charge in [-0.1, -0.05) is 20.3 Å². The first kappa shape index (κ1) is 16.6. The van der Waals surface area contributed by atoms with Crippen LogP contribution in [0, 0.1) is 33.5 Å². The summed E-state index contributed by atoms with van der Waals surface area (Å²) < 4.78 is 0. The van der Waals surface area contributed by atoms with Crippen molar-refractivity contribution >= 4 is 11.8 Å². The van der Waals surface area contributed by atoms with Crippen molar-refractivity contribution in [1.82, 2.24) is 0 Å². The van der Waals surface area contributed by atoms with E-state index in [1.165, 1.54) is 6.42 Å². The van der Waals surface area contributed by atoms with Crippen LogP contribution in [0.15, 0.2) is 0 Å². The van der Waals surface area contributed by atoms with Gasteiger partial charge in [-0.25, -0.2) is 0 Å². The summed E-state index contributed by atoms with van der Waals surface area (Å²) >= 11 is 0. The minimum atomic E-state index is -0.593. The van der Waals surface area contributed by atoms with Crippen LogP contribution in [-0.2, 0) is 9.59 Å². The van der Waals surface area contributed by atoms with Crippen LogP contribution in [0.25, 0.3) is 0 Å². The van der Waals surface area contributed by atoms with Crippen molar-refractivity contribution in [3.63, 3.8) is 0 Å². The molecule has 0 radical (unpaired) electrons. The minimum absolute atomic E-state index is 0.0803. The van der Waals surface area contributed by atoms with E-state index in [1.54, 1.807) is 0 Å². The zero-order valence-electron chi connectivity index (χ0n) is 15.5. The molecule has 6 atom stereocenters. The topological polar surface area (TPSA) is 54.4 Å². The lowest BCUT2D eigenvalue weighted by molar-refractivity contribution is -0.188. The summed E-state index contributed by atoms with van der Waals surface area (Å²) in [5, 5.41) is 10.0. The highest BCUT2D eigenvalue weighted by atomic mass is 16.4. The van der Waals surface area contributed by atoms with Crippen LogP contribution >= 0.6 is 0 Å². The van der Waals surface area contributed by atoms with Crippen LogP contribution in [-0.4, -0.2) is 16.9 Å². The highest BCUT2D eigenvalue weighted by Gasteiger charge is 2.68. The third-order valence-electron chi connectivity index (χ3n) is 9.23.